The topological polar surface area (TPSA) is 65.0 Å². The van der Waals surface area contributed by atoms with Gasteiger partial charge in [0.2, 0.25) is 0 Å². The van der Waals surface area contributed by atoms with Crippen molar-refractivity contribution in [2.75, 3.05) is 33.2 Å². The predicted molar refractivity (Wildman–Crippen MR) is 155 cm³/mol. The molecular weight excluding hydrogens is 486 g/mol. The maximum Gasteiger partial charge on any atom is 0.412 e. The van der Waals surface area contributed by atoms with Crippen molar-refractivity contribution in [3.05, 3.63) is 29.3 Å². The average Bonchev–Trinajstić information content (AvgIpc) is 3.23. The van der Waals surface area contributed by atoms with Crippen LogP contribution in [0.15, 0.2) is 18.2 Å². The van der Waals surface area contributed by atoms with Crippen LogP contribution in [0.1, 0.15) is 95.1 Å². The zero-order valence-corrected chi connectivity index (χ0v) is 24.5. The Labute approximate surface area is 235 Å². The first-order valence-corrected chi connectivity index (χ1v) is 16.1. The van der Waals surface area contributed by atoms with E-state index in [1.165, 1.54) is 62.7 Å². The van der Waals surface area contributed by atoms with Gasteiger partial charge >= 0.3 is 6.09 Å². The number of hydrogen-bond acceptors (Lipinski definition) is 5. The number of nitrogens with zero attached hydrogens (tertiary/aromatic N) is 2. The molecule has 5 aliphatic rings. The quantitative estimate of drug-likeness (QED) is 0.514. The molecule has 1 amide bonds. The highest BCUT2D eigenvalue weighted by atomic mass is 16.6. The molecule has 2 saturated carbocycles. The van der Waals surface area contributed by atoms with Gasteiger partial charge in [0.1, 0.15) is 5.75 Å². The minimum absolute atomic E-state index is 0.0923. The number of amides is 1. The number of benzene rings is 1. The lowest BCUT2D eigenvalue weighted by atomic mass is 9.52. The van der Waals surface area contributed by atoms with Crippen LogP contribution in [0.2, 0.25) is 0 Å². The largest absolute Gasteiger partial charge is 0.412 e. The van der Waals surface area contributed by atoms with Crippen LogP contribution in [-0.4, -0.2) is 72.4 Å². The number of aliphatic hydroxyl groups excluding tert-OH is 1. The second-order valence-corrected chi connectivity index (χ2v) is 13.9. The minimum Gasteiger partial charge on any atom is -0.410 e. The first-order valence-electron chi connectivity index (χ1n) is 16.1. The Kier molecular flexibility index (Phi) is 8.00. The summed E-state index contributed by atoms with van der Waals surface area (Å²) in [6.07, 6.45) is 12.0. The normalized spacial score (nSPS) is 36.2. The summed E-state index contributed by atoms with van der Waals surface area (Å²) in [6, 6.07) is 7.35. The second kappa shape index (κ2) is 11.3. The summed E-state index contributed by atoms with van der Waals surface area (Å²) >= 11 is 0. The van der Waals surface area contributed by atoms with E-state index in [2.05, 4.69) is 48.1 Å². The van der Waals surface area contributed by atoms with Gasteiger partial charge < -0.3 is 25.0 Å². The van der Waals surface area contributed by atoms with Gasteiger partial charge in [-0.25, -0.2) is 4.79 Å². The third-order valence-corrected chi connectivity index (χ3v) is 11.7. The van der Waals surface area contributed by atoms with Gasteiger partial charge in [-0.2, -0.15) is 0 Å². The fraction of sp³-hybridized carbons (Fsp3) is 0.788. The number of hydrogen-bond donors (Lipinski definition) is 2. The van der Waals surface area contributed by atoms with Crippen LogP contribution in [0.5, 0.6) is 5.75 Å². The summed E-state index contributed by atoms with van der Waals surface area (Å²) in [5.41, 5.74) is 2.95. The Hall–Kier alpha value is -1.63. The molecule has 2 N–H and O–H groups in total. The molecule has 0 spiro atoms. The van der Waals surface area contributed by atoms with Crippen molar-refractivity contribution in [3.63, 3.8) is 0 Å². The van der Waals surface area contributed by atoms with Crippen molar-refractivity contribution in [2.24, 2.45) is 23.2 Å². The minimum atomic E-state index is -0.306. The SMILES string of the molecule is CCC[C@@H]1Cc2cc(OC(=O)NC3CCN(C4CCN(C)CC4)CC3)ccc2[C@H]2CC[C@]3(C)[C@@H](O)CC[C@H]3[C@H]12. The first kappa shape index (κ1) is 27.5. The van der Waals surface area contributed by atoms with E-state index in [1.807, 2.05) is 6.07 Å². The van der Waals surface area contributed by atoms with E-state index < -0.39 is 0 Å². The van der Waals surface area contributed by atoms with Crippen LogP contribution in [0.4, 0.5) is 4.79 Å². The molecule has 216 valence electrons. The lowest BCUT2D eigenvalue weighted by Crippen LogP contribution is -2.51. The van der Waals surface area contributed by atoms with Gasteiger partial charge in [-0.3, -0.25) is 0 Å². The molecule has 2 aliphatic heterocycles. The molecule has 3 aliphatic carbocycles. The molecule has 2 heterocycles. The first-order chi connectivity index (χ1) is 18.9. The van der Waals surface area contributed by atoms with Crippen molar-refractivity contribution < 1.29 is 14.6 Å². The van der Waals surface area contributed by atoms with Crippen LogP contribution in [0, 0.1) is 23.2 Å². The number of piperidine rings is 2. The molecule has 6 heteroatoms. The van der Waals surface area contributed by atoms with Crippen LogP contribution < -0.4 is 10.1 Å². The Balaban J connectivity index is 1.07. The highest BCUT2D eigenvalue weighted by Crippen LogP contribution is 2.62. The zero-order valence-electron chi connectivity index (χ0n) is 24.5. The lowest BCUT2D eigenvalue weighted by Gasteiger charge is -2.53. The molecule has 0 unspecified atom stereocenters. The molecule has 6 rings (SSSR count). The van der Waals surface area contributed by atoms with E-state index in [1.54, 1.807) is 0 Å². The monoisotopic (exact) mass is 537 g/mol. The van der Waals surface area contributed by atoms with E-state index in [4.69, 9.17) is 4.74 Å². The van der Waals surface area contributed by atoms with E-state index >= 15 is 0 Å². The van der Waals surface area contributed by atoms with E-state index in [-0.39, 0.29) is 23.7 Å². The van der Waals surface area contributed by atoms with Gasteiger partial charge in [-0.15, -0.1) is 0 Å². The van der Waals surface area contributed by atoms with Crippen molar-refractivity contribution in [1.82, 2.24) is 15.1 Å². The van der Waals surface area contributed by atoms with Gasteiger partial charge in [-0.05, 0) is 130 Å². The third kappa shape index (κ3) is 5.38. The van der Waals surface area contributed by atoms with Crippen molar-refractivity contribution in [2.45, 2.75) is 109 Å². The number of nitrogens with one attached hydrogen (secondary N) is 1. The smallest absolute Gasteiger partial charge is 0.410 e. The summed E-state index contributed by atoms with van der Waals surface area (Å²) in [5, 5.41) is 14.0. The Morgan fingerprint density at radius 3 is 2.59 bits per heavy atom. The maximum absolute atomic E-state index is 12.9. The number of carbonyl (C=O) groups is 1. The van der Waals surface area contributed by atoms with E-state index in [0.717, 1.165) is 45.2 Å². The molecule has 1 aromatic rings. The summed E-state index contributed by atoms with van der Waals surface area (Å²) in [5.74, 6) is 3.21. The van der Waals surface area contributed by atoms with E-state index in [0.29, 0.717) is 35.5 Å². The Morgan fingerprint density at radius 2 is 1.85 bits per heavy atom. The van der Waals surface area contributed by atoms with Crippen molar-refractivity contribution in [1.29, 1.82) is 0 Å². The molecule has 0 radical (unpaired) electrons. The fourth-order valence-electron chi connectivity index (χ4n) is 9.53. The molecule has 6 nitrogen and oxygen atoms in total. The molecular formula is C33H51N3O3. The predicted octanol–water partition coefficient (Wildman–Crippen LogP) is 5.58. The summed E-state index contributed by atoms with van der Waals surface area (Å²) in [6.45, 7) is 9.18. The highest BCUT2D eigenvalue weighted by molar-refractivity contribution is 5.71. The Morgan fingerprint density at radius 1 is 1.08 bits per heavy atom. The van der Waals surface area contributed by atoms with Crippen LogP contribution in [-0.2, 0) is 6.42 Å². The van der Waals surface area contributed by atoms with Crippen LogP contribution in [0.25, 0.3) is 0 Å². The molecule has 2 saturated heterocycles. The van der Waals surface area contributed by atoms with Gasteiger partial charge in [0.25, 0.3) is 0 Å². The summed E-state index contributed by atoms with van der Waals surface area (Å²) < 4.78 is 5.87. The molecule has 6 atom stereocenters. The maximum atomic E-state index is 12.9. The number of rotatable bonds is 5. The van der Waals surface area contributed by atoms with Gasteiger partial charge in [-0.1, -0.05) is 32.8 Å². The van der Waals surface area contributed by atoms with Gasteiger partial charge in [0.05, 0.1) is 6.10 Å². The third-order valence-electron chi connectivity index (χ3n) is 11.7. The summed E-state index contributed by atoms with van der Waals surface area (Å²) in [4.78, 5) is 17.9. The van der Waals surface area contributed by atoms with Crippen LogP contribution in [0.3, 0.4) is 0 Å². The number of fused-ring (bicyclic) bond motifs is 5. The lowest BCUT2D eigenvalue weighted by molar-refractivity contribution is -0.0394. The van der Waals surface area contributed by atoms with Crippen LogP contribution >= 0.6 is 0 Å². The molecule has 4 fully saturated rings. The number of ether oxygens (including phenoxy) is 1. The zero-order chi connectivity index (χ0) is 27.1. The van der Waals surface area contributed by atoms with Gasteiger partial charge in [0.15, 0.2) is 0 Å². The average molecular weight is 538 g/mol. The molecule has 1 aromatic carbocycles. The Bertz CT molecular complexity index is 1020. The second-order valence-electron chi connectivity index (χ2n) is 13.9. The standard InChI is InChI=1S/C33H51N3O3/c1-4-5-22-20-23-21-26(6-7-27(23)28-10-15-33(2)29(31(22)28)8-9-30(33)37)39-32(38)34-24-11-18-36(19-12-24)25-13-16-35(3)17-14-25/h6-7,21-22,24-25,28-31,37H,4-5,8-20H2,1-3H3,(H,34,38)/t22-,28-,29+,30+,31-,33+/m1/s1. The highest BCUT2D eigenvalue weighted by Gasteiger charge is 2.56. The van der Waals surface area contributed by atoms with Gasteiger partial charge in [0, 0.05) is 25.2 Å². The van der Waals surface area contributed by atoms with Crippen molar-refractivity contribution in [3.8, 4) is 5.75 Å². The number of carbonyl (C=O) groups excluding carboxylic acids is 1. The van der Waals surface area contributed by atoms with E-state index in [9.17, 15) is 9.90 Å². The van der Waals surface area contributed by atoms with Crippen molar-refractivity contribution >= 4 is 6.09 Å². The summed E-state index contributed by atoms with van der Waals surface area (Å²) in [7, 11) is 2.22. The molecule has 0 bridgehead atoms. The fourth-order valence-corrected chi connectivity index (χ4v) is 9.53. The molecule has 39 heavy (non-hydrogen) atoms. The number of likely N-dealkylation sites (tertiary alicyclic amines) is 2. The number of aliphatic hydroxyl groups is 1. The molecule has 0 aromatic heterocycles.